The van der Waals surface area contributed by atoms with Gasteiger partial charge in [-0.1, -0.05) is 18.2 Å². The maximum Gasteiger partial charge on any atom is 0.325 e. The minimum absolute atomic E-state index is 0.0914. The van der Waals surface area contributed by atoms with Gasteiger partial charge >= 0.3 is 6.03 Å². The Morgan fingerprint density at radius 2 is 1.97 bits per heavy atom. The Morgan fingerprint density at radius 1 is 1.20 bits per heavy atom. The normalized spacial score (nSPS) is 19.8. The van der Waals surface area contributed by atoms with E-state index in [0.717, 1.165) is 4.90 Å². The molecule has 2 aliphatic heterocycles. The van der Waals surface area contributed by atoms with E-state index in [-0.39, 0.29) is 13.3 Å². The molecule has 1 fully saturated rings. The predicted octanol–water partition coefficient (Wildman–Crippen LogP) is 1.98. The summed E-state index contributed by atoms with van der Waals surface area (Å²) in [4.78, 5) is 40.4. The molecule has 0 spiro atoms. The summed E-state index contributed by atoms with van der Waals surface area (Å²) in [6.45, 7) is 1.40. The van der Waals surface area contributed by atoms with Crippen LogP contribution in [0.25, 0.3) is 0 Å². The molecule has 2 aromatic rings. The lowest BCUT2D eigenvalue weighted by Crippen LogP contribution is -2.43. The van der Waals surface area contributed by atoms with Crippen LogP contribution in [0, 0.1) is 5.82 Å². The quantitative estimate of drug-likeness (QED) is 0.758. The van der Waals surface area contributed by atoms with Crippen molar-refractivity contribution in [1.82, 2.24) is 15.1 Å². The van der Waals surface area contributed by atoms with Crippen molar-refractivity contribution >= 4 is 17.8 Å². The summed E-state index contributed by atoms with van der Waals surface area (Å²) in [5.41, 5.74) is -0.208. The van der Waals surface area contributed by atoms with Crippen molar-refractivity contribution < 1.29 is 28.2 Å². The van der Waals surface area contributed by atoms with Gasteiger partial charge in [0.25, 0.3) is 5.91 Å². The lowest BCUT2D eigenvalue weighted by atomic mass is 9.91. The summed E-state index contributed by atoms with van der Waals surface area (Å²) in [5.74, 6) is -0.344. The monoisotopic (exact) mass is 413 g/mol. The van der Waals surface area contributed by atoms with E-state index in [1.807, 2.05) is 0 Å². The average molecular weight is 413 g/mol. The fourth-order valence-corrected chi connectivity index (χ4v) is 3.50. The van der Waals surface area contributed by atoms with Crippen LogP contribution < -0.4 is 14.8 Å². The number of imide groups is 1. The number of rotatable bonds is 5. The summed E-state index contributed by atoms with van der Waals surface area (Å²) in [5, 5.41) is 2.66. The maximum absolute atomic E-state index is 13.4. The van der Waals surface area contributed by atoms with Crippen LogP contribution in [0.5, 0.6) is 11.5 Å². The molecule has 9 heteroatoms. The van der Waals surface area contributed by atoms with Crippen LogP contribution in [0.3, 0.4) is 0 Å². The van der Waals surface area contributed by atoms with Gasteiger partial charge in [-0.2, -0.15) is 0 Å². The third kappa shape index (κ3) is 3.42. The van der Waals surface area contributed by atoms with Crippen molar-refractivity contribution in [2.75, 3.05) is 20.4 Å². The molecule has 1 atom stereocenters. The topological polar surface area (TPSA) is 88.2 Å². The molecule has 156 valence electrons. The lowest BCUT2D eigenvalue weighted by molar-refractivity contribution is -0.138. The molecule has 2 aliphatic rings. The number of amides is 4. The Balaban J connectivity index is 1.48. The number of benzene rings is 2. The standard InChI is InChI=1S/C21H20FN3O5/c1-21(14-6-7-16-17(9-14)30-12-29-16)19(27)25(20(28)23-21)11-18(26)24(2)10-13-4-3-5-15(22)8-13/h3-9H,10-12H2,1-2H3,(H,23,28)/t21-/m0/s1. The van der Waals surface area contributed by atoms with E-state index in [2.05, 4.69) is 5.32 Å². The Hall–Kier alpha value is -3.62. The molecular formula is C21H20FN3O5. The van der Waals surface area contributed by atoms with E-state index in [9.17, 15) is 18.8 Å². The second-order valence-corrected chi connectivity index (χ2v) is 7.39. The third-order valence-corrected chi connectivity index (χ3v) is 5.25. The number of likely N-dealkylation sites (N-methyl/N-ethyl adjacent to an activating group) is 1. The number of nitrogens with zero attached hydrogens (tertiary/aromatic N) is 2. The van der Waals surface area contributed by atoms with E-state index >= 15 is 0 Å². The van der Waals surface area contributed by atoms with E-state index in [0.29, 0.717) is 22.6 Å². The molecule has 0 saturated carbocycles. The number of fused-ring (bicyclic) bond motifs is 1. The Bertz CT molecular complexity index is 1040. The lowest BCUT2D eigenvalue weighted by Gasteiger charge is -2.23. The molecular weight excluding hydrogens is 393 g/mol. The number of urea groups is 1. The highest BCUT2D eigenvalue weighted by Gasteiger charge is 2.50. The maximum atomic E-state index is 13.4. The van der Waals surface area contributed by atoms with E-state index in [1.54, 1.807) is 37.3 Å². The zero-order valence-corrected chi connectivity index (χ0v) is 16.5. The van der Waals surface area contributed by atoms with Gasteiger partial charge < -0.3 is 19.7 Å². The highest BCUT2D eigenvalue weighted by molar-refractivity contribution is 6.09. The predicted molar refractivity (Wildman–Crippen MR) is 103 cm³/mol. The van der Waals surface area contributed by atoms with E-state index in [4.69, 9.17) is 9.47 Å². The third-order valence-electron chi connectivity index (χ3n) is 5.25. The Labute approximate surface area is 172 Å². The largest absolute Gasteiger partial charge is 0.454 e. The van der Waals surface area contributed by atoms with Gasteiger partial charge in [0.05, 0.1) is 0 Å². The minimum Gasteiger partial charge on any atom is -0.454 e. The highest BCUT2D eigenvalue weighted by atomic mass is 19.1. The first-order valence-electron chi connectivity index (χ1n) is 9.30. The molecule has 8 nitrogen and oxygen atoms in total. The second-order valence-electron chi connectivity index (χ2n) is 7.39. The number of carbonyl (C=O) groups is 3. The van der Waals surface area contributed by atoms with Crippen LogP contribution >= 0.6 is 0 Å². The molecule has 2 heterocycles. The van der Waals surface area contributed by atoms with Crippen LogP contribution in [0.4, 0.5) is 9.18 Å². The second kappa shape index (κ2) is 7.33. The molecule has 30 heavy (non-hydrogen) atoms. The van der Waals surface area contributed by atoms with Crippen molar-refractivity contribution in [3.05, 3.63) is 59.4 Å². The molecule has 4 amide bonds. The molecule has 4 rings (SSSR count). The smallest absolute Gasteiger partial charge is 0.325 e. The van der Waals surface area contributed by atoms with E-state index in [1.165, 1.54) is 24.1 Å². The highest BCUT2D eigenvalue weighted by Crippen LogP contribution is 2.37. The molecule has 0 bridgehead atoms. The van der Waals surface area contributed by atoms with Crippen LogP contribution in [0.2, 0.25) is 0 Å². The van der Waals surface area contributed by atoms with Crippen LogP contribution in [-0.2, 0) is 21.7 Å². The van der Waals surface area contributed by atoms with Crippen LogP contribution in [0.1, 0.15) is 18.1 Å². The summed E-state index contributed by atoms with van der Waals surface area (Å²) in [7, 11) is 1.53. The summed E-state index contributed by atoms with van der Waals surface area (Å²) < 4.78 is 24.0. The molecule has 0 unspecified atom stereocenters. The molecule has 2 aromatic carbocycles. The zero-order valence-electron chi connectivity index (χ0n) is 16.5. The first-order chi connectivity index (χ1) is 14.3. The van der Waals surface area contributed by atoms with E-state index < -0.39 is 35.7 Å². The van der Waals surface area contributed by atoms with Gasteiger partial charge in [-0.15, -0.1) is 0 Å². The number of halogens is 1. The number of hydrogen-bond acceptors (Lipinski definition) is 5. The number of carbonyl (C=O) groups excluding carboxylic acids is 3. The Morgan fingerprint density at radius 3 is 2.73 bits per heavy atom. The van der Waals surface area contributed by atoms with Gasteiger partial charge in [0.1, 0.15) is 17.9 Å². The average Bonchev–Trinajstić information content (AvgIpc) is 3.26. The molecule has 1 saturated heterocycles. The first kappa shape index (κ1) is 19.7. The van der Waals surface area contributed by atoms with Crippen molar-refractivity contribution in [3.63, 3.8) is 0 Å². The van der Waals surface area contributed by atoms with Crippen LogP contribution in [0.15, 0.2) is 42.5 Å². The van der Waals surface area contributed by atoms with Gasteiger partial charge in [0, 0.05) is 13.6 Å². The molecule has 1 N–H and O–H groups in total. The summed E-state index contributed by atoms with van der Waals surface area (Å²) in [6.07, 6.45) is 0. The van der Waals surface area contributed by atoms with Gasteiger partial charge in [-0.25, -0.2) is 9.18 Å². The Kier molecular flexibility index (Phi) is 4.81. The summed E-state index contributed by atoms with van der Waals surface area (Å²) >= 11 is 0. The molecule has 0 aromatic heterocycles. The van der Waals surface area contributed by atoms with Gasteiger partial charge in [0.15, 0.2) is 11.5 Å². The van der Waals surface area contributed by atoms with Crippen molar-refractivity contribution in [3.8, 4) is 11.5 Å². The van der Waals surface area contributed by atoms with Gasteiger partial charge in [-0.3, -0.25) is 14.5 Å². The first-order valence-corrected chi connectivity index (χ1v) is 9.30. The number of ether oxygens (including phenoxy) is 2. The summed E-state index contributed by atoms with van der Waals surface area (Å²) in [6, 6.07) is 10.2. The fourth-order valence-electron chi connectivity index (χ4n) is 3.50. The van der Waals surface area contributed by atoms with Crippen molar-refractivity contribution in [1.29, 1.82) is 0 Å². The number of hydrogen-bond donors (Lipinski definition) is 1. The zero-order chi connectivity index (χ0) is 21.5. The molecule has 0 radical (unpaired) electrons. The van der Waals surface area contributed by atoms with Crippen molar-refractivity contribution in [2.24, 2.45) is 0 Å². The molecule has 0 aliphatic carbocycles. The van der Waals surface area contributed by atoms with Crippen molar-refractivity contribution in [2.45, 2.75) is 19.0 Å². The minimum atomic E-state index is -1.33. The van der Waals surface area contributed by atoms with Gasteiger partial charge in [-0.05, 0) is 42.3 Å². The van der Waals surface area contributed by atoms with Crippen LogP contribution in [-0.4, -0.2) is 48.0 Å². The SMILES string of the molecule is CN(Cc1cccc(F)c1)C(=O)CN1C(=O)N[C@@](C)(c2ccc3c(c2)OCO3)C1=O. The fraction of sp³-hybridized carbons (Fsp3) is 0.286. The van der Waals surface area contributed by atoms with Gasteiger partial charge in [0.2, 0.25) is 12.7 Å². The number of nitrogens with one attached hydrogen (secondary N) is 1.